The summed E-state index contributed by atoms with van der Waals surface area (Å²) in [4.78, 5) is 11.6. The van der Waals surface area contributed by atoms with Crippen molar-refractivity contribution in [3.63, 3.8) is 0 Å². The largest absolute Gasteiger partial charge is 0.462 e. The molecule has 2 rings (SSSR count). The SMILES string of the molecule is CCOC(=O)C[N+]1(C)CC=C(c2ccc(Br)cc2)CC1. The van der Waals surface area contributed by atoms with Crippen LogP contribution in [0.25, 0.3) is 5.57 Å². The standard InChI is InChI=1S/C16H21BrNO2/c1-3-20-16(19)12-18(2)10-8-14(9-11-18)13-4-6-15(17)7-5-13/h4-8H,3,9-12H2,1-2H3/q+1. The molecule has 1 atom stereocenters. The second-order valence-corrected chi connectivity index (χ2v) is 6.39. The molecule has 0 saturated carbocycles. The predicted molar refractivity (Wildman–Crippen MR) is 84.2 cm³/mol. The van der Waals surface area contributed by atoms with Gasteiger partial charge < -0.3 is 9.22 Å². The lowest BCUT2D eigenvalue weighted by atomic mass is 9.98. The Hall–Kier alpha value is -1.13. The highest BCUT2D eigenvalue weighted by Gasteiger charge is 2.28. The third-order valence-electron chi connectivity index (χ3n) is 3.73. The van der Waals surface area contributed by atoms with Crippen molar-refractivity contribution in [2.45, 2.75) is 13.3 Å². The van der Waals surface area contributed by atoms with Crippen LogP contribution in [0.3, 0.4) is 0 Å². The molecular formula is C16H21BrNO2+. The summed E-state index contributed by atoms with van der Waals surface area (Å²) in [6, 6.07) is 8.41. The van der Waals surface area contributed by atoms with E-state index in [9.17, 15) is 4.79 Å². The van der Waals surface area contributed by atoms with Crippen molar-refractivity contribution in [3.8, 4) is 0 Å². The molecule has 1 aliphatic heterocycles. The summed E-state index contributed by atoms with van der Waals surface area (Å²) in [5.74, 6) is -0.101. The van der Waals surface area contributed by atoms with Crippen LogP contribution >= 0.6 is 15.9 Å². The molecule has 0 fully saturated rings. The minimum Gasteiger partial charge on any atom is -0.462 e. The van der Waals surface area contributed by atoms with Crippen molar-refractivity contribution >= 4 is 27.5 Å². The first-order valence-electron chi connectivity index (χ1n) is 6.96. The number of nitrogens with zero attached hydrogens (tertiary/aromatic N) is 1. The molecule has 1 unspecified atom stereocenters. The number of esters is 1. The highest BCUT2D eigenvalue weighted by molar-refractivity contribution is 9.10. The molecule has 1 aliphatic rings. The number of benzene rings is 1. The number of carbonyl (C=O) groups is 1. The lowest BCUT2D eigenvalue weighted by Crippen LogP contribution is -2.50. The molecule has 0 aromatic heterocycles. The monoisotopic (exact) mass is 338 g/mol. The Bertz CT molecular complexity index is 510. The van der Waals surface area contributed by atoms with Gasteiger partial charge in [0.15, 0.2) is 6.54 Å². The maximum absolute atomic E-state index is 11.6. The van der Waals surface area contributed by atoms with E-state index in [1.807, 2.05) is 6.92 Å². The van der Waals surface area contributed by atoms with Gasteiger partial charge in [-0.1, -0.05) is 28.1 Å². The highest BCUT2D eigenvalue weighted by atomic mass is 79.9. The van der Waals surface area contributed by atoms with Crippen LogP contribution < -0.4 is 0 Å². The van der Waals surface area contributed by atoms with E-state index in [0.29, 0.717) is 13.2 Å². The van der Waals surface area contributed by atoms with Gasteiger partial charge in [-0.05, 0) is 36.3 Å². The molecule has 0 saturated heterocycles. The lowest BCUT2D eigenvalue weighted by Gasteiger charge is -2.36. The van der Waals surface area contributed by atoms with E-state index in [-0.39, 0.29) is 5.97 Å². The first kappa shape index (κ1) is 15.3. The molecular weight excluding hydrogens is 318 g/mol. The first-order valence-corrected chi connectivity index (χ1v) is 7.76. The molecule has 0 bridgehead atoms. The summed E-state index contributed by atoms with van der Waals surface area (Å²) in [6.45, 7) is 4.61. The summed E-state index contributed by atoms with van der Waals surface area (Å²) in [6.07, 6.45) is 3.25. The second-order valence-electron chi connectivity index (χ2n) is 5.48. The average molecular weight is 339 g/mol. The fraction of sp³-hybridized carbons (Fsp3) is 0.438. The van der Waals surface area contributed by atoms with Gasteiger partial charge >= 0.3 is 5.97 Å². The van der Waals surface area contributed by atoms with Crippen molar-refractivity contribution in [1.29, 1.82) is 0 Å². The molecule has 0 radical (unpaired) electrons. The summed E-state index contributed by atoms with van der Waals surface area (Å²) >= 11 is 3.46. The zero-order chi connectivity index (χ0) is 14.6. The van der Waals surface area contributed by atoms with Gasteiger partial charge in [-0.3, -0.25) is 0 Å². The number of hydrogen-bond donors (Lipinski definition) is 0. The summed E-state index contributed by atoms with van der Waals surface area (Å²) in [7, 11) is 2.12. The molecule has 1 heterocycles. The van der Waals surface area contributed by atoms with Gasteiger partial charge in [0.25, 0.3) is 0 Å². The van der Waals surface area contributed by atoms with Gasteiger partial charge in [-0.2, -0.15) is 0 Å². The number of carbonyl (C=O) groups excluding carboxylic acids is 1. The Kier molecular flexibility index (Phi) is 5.00. The molecule has 108 valence electrons. The molecule has 0 aliphatic carbocycles. The summed E-state index contributed by atoms with van der Waals surface area (Å²) in [5, 5.41) is 0. The predicted octanol–water partition coefficient (Wildman–Crippen LogP) is 3.25. The normalized spacial score (nSPS) is 22.2. The van der Waals surface area contributed by atoms with Gasteiger partial charge in [-0.15, -0.1) is 0 Å². The average Bonchev–Trinajstić information content (AvgIpc) is 2.40. The van der Waals surface area contributed by atoms with Crippen LogP contribution in [0.15, 0.2) is 34.8 Å². The van der Waals surface area contributed by atoms with Gasteiger partial charge in [-0.25, -0.2) is 4.79 Å². The number of hydrogen-bond acceptors (Lipinski definition) is 2. The minimum atomic E-state index is -0.101. The lowest BCUT2D eigenvalue weighted by molar-refractivity contribution is -0.897. The maximum Gasteiger partial charge on any atom is 0.361 e. The van der Waals surface area contributed by atoms with Gasteiger partial charge in [0.05, 0.1) is 26.7 Å². The zero-order valence-corrected chi connectivity index (χ0v) is 13.6. The topological polar surface area (TPSA) is 26.3 Å². The van der Waals surface area contributed by atoms with Crippen LogP contribution in [0.5, 0.6) is 0 Å². The van der Waals surface area contributed by atoms with Crippen LogP contribution in [0.2, 0.25) is 0 Å². The Balaban J connectivity index is 2.02. The van der Waals surface area contributed by atoms with Crippen LogP contribution in [0.1, 0.15) is 18.9 Å². The van der Waals surface area contributed by atoms with Gasteiger partial charge in [0, 0.05) is 10.9 Å². The fourth-order valence-corrected chi connectivity index (χ4v) is 2.77. The van der Waals surface area contributed by atoms with E-state index < -0.39 is 0 Å². The fourth-order valence-electron chi connectivity index (χ4n) is 2.50. The Morgan fingerprint density at radius 2 is 2.05 bits per heavy atom. The van der Waals surface area contributed by atoms with Gasteiger partial charge in [0.1, 0.15) is 0 Å². The molecule has 0 amide bonds. The van der Waals surface area contributed by atoms with Crippen molar-refractivity contribution < 1.29 is 14.0 Å². The van der Waals surface area contributed by atoms with E-state index in [1.54, 1.807) is 0 Å². The van der Waals surface area contributed by atoms with Crippen molar-refractivity contribution in [1.82, 2.24) is 0 Å². The number of ether oxygens (including phenoxy) is 1. The number of quaternary nitrogens is 1. The zero-order valence-electron chi connectivity index (χ0n) is 12.1. The Labute approximate surface area is 128 Å². The Morgan fingerprint density at radius 3 is 2.60 bits per heavy atom. The van der Waals surface area contributed by atoms with E-state index in [2.05, 4.69) is 53.3 Å². The van der Waals surface area contributed by atoms with Gasteiger partial charge in [0.2, 0.25) is 0 Å². The number of rotatable bonds is 4. The molecule has 1 aromatic carbocycles. The van der Waals surface area contributed by atoms with Crippen LogP contribution in [0, 0.1) is 0 Å². The van der Waals surface area contributed by atoms with E-state index in [1.165, 1.54) is 11.1 Å². The molecule has 4 heteroatoms. The first-order chi connectivity index (χ1) is 9.52. The van der Waals surface area contributed by atoms with E-state index >= 15 is 0 Å². The third kappa shape index (κ3) is 3.93. The molecule has 20 heavy (non-hydrogen) atoms. The van der Waals surface area contributed by atoms with Crippen molar-refractivity contribution in [2.24, 2.45) is 0 Å². The summed E-state index contributed by atoms with van der Waals surface area (Å²) < 4.78 is 6.89. The summed E-state index contributed by atoms with van der Waals surface area (Å²) in [5.41, 5.74) is 2.65. The third-order valence-corrected chi connectivity index (χ3v) is 4.26. The number of halogens is 1. The molecule has 1 aromatic rings. The maximum atomic E-state index is 11.6. The second kappa shape index (κ2) is 6.55. The van der Waals surface area contributed by atoms with Crippen LogP contribution in [-0.2, 0) is 9.53 Å². The van der Waals surface area contributed by atoms with E-state index in [4.69, 9.17) is 4.74 Å². The minimum absolute atomic E-state index is 0.101. The van der Waals surface area contributed by atoms with Crippen molar-refractivity contribution in [3.05, 3.63) is 40.4 Å². The van der Waals surface area contributed by atoms with E-state index in [0.717, 1.165) is 28.5 Å². The molecule has 3 nitrogen and oxygen atoms in total. The molecule has 0 spiro atoms. The van der Waals surface area contributed by atoms with Crippen LogP contribution in [0.4, 0.5) is 0 Å². The van der Waals surface area contributed by atoms with Crippen molar-refractivity contribution in [2.75, 3.05) is 33.3 Å². The Morgan fingerprint density at radius 1 is 1.35 bits per heavy atom. The number of likely N-dealkylation sites (N-methyl/N-ethyl adjacent to an activating group) is 1. The molecule has 0 N–H and O–H groups in total. The highest BCUT2D eigenvalue weighted by Crippen LogP contribution is 2.26. The smallest absolute Gasteiger partial charge is 0.361 e. The van der Waals surface area contributed by atoms with Crippen LogP contribution in [-0.4, -0.2) is 43.7 Å². The quantitative estimate of drug-likeness (QED) is 0.622.